The summed E-state index contributed by atoms with van der Waals surface area (Å²) in [6.45, 7) is 0. The van der Waals surface area contributed by atoms with Crippen LogP contribution in [0.15, 0.2) is 0 Å². The second kappa shape index (κ2) is 11700. The Morgan fingerprint density at radius 3 is 0.400 bits per heavy atom. The van der Waals surface area contributed by atoms with E-state index in [0.29, 0.717) is 0 Å². The van der Waals surface area contributed by atoms with Gasteiger partial charge in [-0.1, -0.05) is 0 Å². The van der Waals surface area contributed by atoms with Gasteiger partial charge < -0.3 is 0 Å². The highest BCUT2D eigenvalue weighted by Crippen LogP contribution is -0.286. The summed E-state index contributed by atoms with van der Waals surface area (Å²) >= 11 is 0. The summed E-state index contributed by atoms with van der Waals surface area (Å²) in [5, 5.41) is 0. The van der Waals surface area contributed by atoms with Gasteiger partial charge in [-0.05, 0) is 11.0 Å². The van der Waals surface area contributed by atoms with E-state index in [-0.39, 0.29) is 32.9 Å². The van der Waals surface area contributed by atoms with E-state index in [1.165, 1.54) is 0 Å². The van der Waals surface area contributed by atoms with E-state index in [1.807, 2.05) is 0 Å². The average molecular weight is 100 g/mol. The van der Waals surface area contributed by atoms with Gasteiger partial charge in [-0.15, -0.1) is 0 Å². The molecule has 0 saturated heterocycles. The molecule has 4 nitrogen and oxygen atoms in total. The van der Waals surface area contributed by atoms with E-state index in [0.717, 1.165) is 0 Å². The van der Waals surface area contributed by atoms with Crippen molar-refractivity contribution >= 4 is 11.0 Å². The van der Waals surface area contributed by atoms with Crippen LogP contribution in [0.1, 0.15) is 0 Å². The van der Waals surface area contributed by atoms with Gasteiger partial charge in [0.05, 0.1) is 0 Å². The summed E-state index contributed by atoms with van der Waals surface area (Å²) in [5.41, 5.74) is 0. The molecule has 0 spiro atoms. The fourth-order valence-electron chi connectivity index (χ4n) is 0. The fraction of sp³-hybridized carbons (Fsp3) is 0. The van der Waals surface area contributed by atoms with Crippen molar-refractivity contribution in [1.82, 2.24) is 0 Å². The predicted molar refractivity (Wildman–Crippen MR) is 19.1 cm³/mol. The molecule has 0 fully saturated rings. The molecule has 0 aliphatic heterocycles. The molecule has 4 radical (unpaired) electrons. The molecule has 0 aromatic carbocycles. The summed E-state index contributed by atoms with van der Waals surface area (Å²) < 4.78 is 0. The minimum Gasteiger partial charge on any atom is -0.255 e. The van der Waals surface area contributed by atoms with Crippen molar-refractivity contribution in [3.63, 3.8) is 0 Å². The Morgan fingerprint density at radius 2 is 0.400 bits per heavy atom. The lowest BCUT2D eigenvalue weighted by molar-refractivity contribution is 0.823. The molecule has 0 unspecified atom stereocenters. The maximum atomic E-state index is 0. The molecule has 4 N–H and O–H groups in total. The molecule has 0 aromatic rings. The van der Waals surface area contributed by atoms with Gasteiger partial charge in [0, 0.05) is 0 Å². The van der Waals surface area contributed by atoms with Crippen LogP contribution in [0, 0.1) is 0 Å². The van der Waals surface area contributed by atoms with Gasteiger partial charge in [0.25, 0.3) is 0 Å². The lowest BCUT2D eigenvalue weighted by atomic mass is 16.0. The first-order valence-electron chi connectivity index (χ1n) is 0. The molecule has 0 aliphatic rings. The van der Waals surface area contributed by atoms with Crippen molar-refractivity contribution in [1.29, 1.82) is 0 Å². The Kier molecular flexibility index (Phi) is 60300000. The van der Waals surface area contributed by atoms with Gasteiger partial charge in [-0.25, -0.2) is 0 Å². The zero-order valence-electron chi connectivity index (χ0n) is 1.79. The molecule has 0 atom stereocenters. The standard InChI is InChI=1S/4HO.H4Si/h4*1H;1H4. The molecule has 5 heteroatoms. The summed E-state index contributed by atoms with van der Waals surface area (Å²) in [6.07, 6.45) is 0. The first kappa shape index (κ1) is 25700. The lowest BCUT2D eigenvalue weighted by Crippen LogP contribution is -0.381. The van der Waals surface area contributed by atoms with Gasteiger partial charge in [0.2, 0.25) is 0 Å². The molecule has 36 valence electrons. The Balaban J connectivity index is 0. The molecule has 5 heavy (non-hydrogen) atoms. The Labute approximate surface area is 34.1 Å². The van der Waals surface area contributed by atoms with Crippen molar-refractivity contribution in [3.8, 4) is 0 Å². The second-order valence-corrected chi connectivity index (χ2v) is 0. The lowest BCUT2D eigenvalue weighted by Gasteiger charge is -0.256. The largest absolute Gasteiger partial charge is 0.255 e. The molecule has 0 aromatic heterocycles. The van der Waals surface area contributed by atoms with Crippen molar-refractivity contribution < 1.29 is 21.9 Å². The fourth-order valence-corrected chi connectivity index (χ4v) is 0. The minimum atomic E-state index is 0. The van der Waals surface area contributed by atoms with Crippen molar-refractivity contribution in [2.45, 2.75) is 0 Å². The number of rotatable bonds is 0. The highest BCUT2D eigenvalue weighted by atomic mass is 28.1. The van der Waals surface area contributed by atoms with Crippen LogP contribution in [-0.4, -0.2) is 32.9 Å². The van der Waals surface area contributed by atoms with E-state index in [4.69, 9.17) is 0 Å². The highest BCUT2D eigenvalue weighted by Gasteiger charge is -0.0148. The third-order valence-electron chi connectivity index (χ3n) is 0. The first-order chi connectivity index (χ1) is 0. The molecule has 0 bridgehead atoms. The van der Waals surface area contributed by atoms with Crippen molar-refractivity contribution in [2.24, 2.45) is 0 Å². The summed E-state index contributed by atoms with van der Waals surface area (Å²) in [7, 11) is 0. The smallest absolute Gasteiger partial charge is 0.0149 e. The SMILES string of the molecule is [OH].[OH].[OH].[OH].[SiH4]. The quantitative estimate of drug-likeness (QED) is 0.248. The predicted octanol–water partition coefficient (Wildman–Crippen LogP) is -2.16. The molecular formula is H8O4Si. The second-order valence-electron chi connectivity index (χ2n) is 0. The summed E-state index contributed by atoms with van der Waals surface area (Å²) in [5.74, 6) is 0. The van der Waals surface area contributed by atoms with E-state index < -0.39 is 0 Å². The van der Waals surface area contributed by atoms with Gasteiger partial charge in [-0.2, -0.15) is 0 Å². The summed E-state index contributed by atoms with van der Waals surface area (Å²) in [6, 6.07) is 0. The van der Waals surface area contributed by atoms with Crippen LogP contribution < -0.4 is 0 Å². The van der Waals surface area contributed by atoms with Crippen LogP contribution in [0.4, 0.5) is 0 Å². The van der Waals surface area contributed by atoms with Crippen LogP contribution in [-0.2, 0) is 0 Å². The molecule has 0 aliphatic carbocycles. The van der Waals surface area contributed by atoms with Crippen LogP contribution in [0.3, 0.4) is 0 Å². The number of hydrogen-bond acceptors (Lipinski definition) is 0. The maximum absolute atomic E-state index is 0. The van der Waals surface area contributed by atoms with Crippen LogP contribution in [0.25, 0.3) is 0 Å². The zero-order valence-corrected chi connectivity index (χ0v) is 1.79. The van der Waals surface area contributed by atoms with Gasteiger partial charge in [0.15, 0.2) is 0 Å². The van der Waals surface area contributed by atoms with E-state index in [1.54, 1.807) is 0 Å². The molecule has 0 amide bonds. The van der Waals surface area contributed by atoms with Crippen LogP contribution in [0.5, 0.6) is 0 Å². The van der Waals surface area contributed by atoms with Crippen molar-refractivity contribution in [2.75, 3.05) is 0 Å². The van der Waals surface area contributed by atoms with Gasteiger partial charge in [-0.3, -0.25) is 21.9 Å². The Morgan fingerprint density at radius 1 is 0.400 bits per heavy atom. The topological polar surface area (TPSA) is 120 Å². The van der Waals surface area contributed by atoms with E-state index in [2.05, 4.69) is 0 Å². The third kappa shape index (κ3) is 5300. The number of hydrogen-bond donors (Lipinski definition) is 4. The third-order valence-corrected chi connectivity index (χ3v) is 0. The average Bonchev–Trinajstić information content (AvgIpc) is 0. The minimum absolute atomic E-state index is 0. The summed E-state index contributed by atoms with van der Waals surface area (Å²) in [4.78, 5) is 0. The van der Waals surface area contributed by atoms with E-state index in [9.17, 15) is 0 Å². The molecule has 0 saturated carbocycles. The Bertz CT molecular complexity index is 3.61. The highest BCUT2D eigenvalue weighted by molar-refractivity contribution is 5.75. The Hall–Kier alpha value is 0.0569. The van der Waals surface area contributed by atoms with Crippen LogP contribution in [0.2, 0.25) is 0 Å². The van der Waals surface area contributed by atoms with Gasteiger partial charge in [0.1, 0.15) is 0 Å². The first-order valence-corrected chi connectivity index (χ1v) is 0. The zero-order chi connectivity index (χ0) is 0. The normalized spacial score (nSPS) is 0. The maximum Gasteiger partial charge on any atom is -0.0149 e. The van der Waals surface area contributed by atoms with Gasteiger partial charge >= 0.3 is 0 Å². The van der Waals surface area contributed by atoms with Crippen LogP contribution >= 0.6 is 0 Å². The molecule has 0 rings (SSSR count). The molecular weight excluding hydrogens is 92.1 g/mol. The monoisotopic (exact) mass is 100 g/mol. The molecule has 0 heterocycles. The van der Waals surface area contributed by atoms with Crippen molar-refractivity contribution in [3.05, 3.63) is 0 Å². The van der Waals surface area contributed by atoms with E-state index >= 15 is 0 Å².